The minimum atomic E-state index is -0.700. The van der Waals surface area contributed by atoms with E-state index in [-0.39, 0.29) is 21.6 Å². The third-order valence-electron chi connectivity index (χ3n) is 2.41. The molecule has 0 amide bonds. The molecule has 1 aromatic heterocycles. The first-order valence-electron chi connectivity index (χ1n) is 5.21. The van der Waals surface area contributed by atoms with Crippen molar-refractivity contribution >= 4 is 27.7 Å². The van der Waals surface area contributed by atoms with Crippen LogP contribution in [0, 0.1) is 5.82 Å². The highest BCUT2D eigenvalue weighted by atomic mass is 79.9. The third-order valence-corrected chi connectivity index (χ3v) is 3.03. The Hall–Kier alpha value is -1.95. The molecule has 0 atom stereocenters. The number of esters is 1. The zero-order valence-electron chi connectivity index (χ0n) is 9.78. The normalized spacial score (nSPS) is 10.3. The van der Waals surface area contributed by atoms with Gasteiger partial charge in [0.15, 0.2) is 5.76 Å². The van der Waals surface area contributed by atoms with Crippen LogP contribution in [0.2, 0.25) is 0 Å². The maximum atomic E-state index is 13.8. The second kappa shape index (κ2) is 5.36. The van der Waals surface area contributed by atoms with E-state index in [0.717, 1.165) is 0 Å². The van der Waals surface area contributed by atoms with Crippen LogP contribution in [-0.2, 0) is 4.74 Å². The molecule has 0 saturated carbocycles. The van der Waals surface area contributed by atoms with Gasteiger partial charge < -0.3 is 9.15 Å². The molecule has 0 saturated heterocycles. The number of carbonyl (C=O) groups excluding carboxylic acids is 2. The van der Waals surface area contributed by atoms with E-state index in [1.807, 2.05) is 0 Å². The van der Waals surface area contributed by atoms with Gasteiger partial charge in [0.25, 0.3) is 0 Å². The van der Waals surface area contributed by atoms with E-state index in [1.54, 1.807) is 0 Å². The Morgan fingerprint density at radius 3 is 2.58 bits per heavy atom. The lowest BCUT2D eigenvalue weighted by atomic mass is 10.1. The third kappa shape index (κ3) is 2.58. The molecule has 19 heavy (non-hydrogen) atoms. The van der Waals surface area contributed by atoms with Crippen LogP contribution in [0.5, 0.6) is 0 Å². The van der Waals surface area contributed by atoms with Crippen molar-refractivity contribution in [2.45, 2.75) is 0 Å². The summed E-state index contributed by atoms with van der Waals surface area (Å²) in [6, 6.07) is 6.95. The lowest BCUT2D eigenvalue weighted by Gasteiger charge is -2.01. The topological polar surface area (TPSA) is 56.5 Å². The first-order valence-corrected chi connectivity index (χ1v) is 6.00. The number of halogens is 2. The summed E-state index contributed by atoms with van der Waals surface area (Å²) in [6.45, 7) is 0. The zero-order valence-corrected chi connectivity index (χ0v) is 11.4. The minimum Gasteiger partial charge on any atom is -0.463 e. The van der Waals surface area contributed by atoms with Gasteiger partial charge in [0.05, 0.1) is 17.1 Å². The first-order chi connectivity index (χ1) is 9.04. The van der Waals surface area contributed by atoms with E-state index in [2.05, 4.69) is 20.7 Å². The summed E-state index contributed by atoms with van der Waals surface area (Å²) in [5.41, 5.74) is -0.139. The predicted molar refractivity (Wildman–Crippen MR) is 67.6 cm³/mol. The van der Waals surface area contributed by atoms with Crippen LogP contribution in [0.3, 0.4) is 0 Å². The monoisotopic (exact) mass is 326 g/mol. The highest BCUT2D eigenvalue weighted by Crippen LogP contribution is 2.22. The molecular weight excluding hydrogens is 319 g/mol. The molecule has 0 aliphatic heterocycles. The van der Waals surface area contributed by atoms with E-state index in [4.69, 9.17) is 4.42 Å². The number of furan rings is 1. The standard InChI is InChI=1S/C13H8BrFO4/c1-18-13(17)10-6-5-9(19-10)12(16)7-3-2-4-8(14)11(7)15/h2-6H,1H3. The molecule has 4 nitrogen and oxygen atoms in total. The van der Waals surface area contributed by atoms with Crippen LogP contribution in [0.1, 0.15) is 26.7 Å². The van der Waals surface area contributed by atoms with Crippen LogP contribution in [0.4, 0.5) is 4.39 Å². The maximum Gasteiger partial charge on any atom is 0.373 e. The fourth-order valence-electron chi connectivity index (χ4n) is 1.48. The van der Waals surface area contributed by atoms with E-state index >= 15 is 0 Å². The maximum absolute atomic E-state index is 13.8. The van der Waals surface area contributed by atoms with Crippen LogP contribution in [0.15, 0.2) is 39.2 Å². The second-order valence-corrected chi connectivity index (χ2v) is 4.44. The van der Waals surface area contributed by atoms with Crippen molar-refractivity contribution in [3.05, 3.63) is 57.7 Å². The van der Waals surface area contributed by atoms with Crippen LogP contribution in [0.25, 0.3) is 0 Å². The van der Waals surface area contributed by atoms with Crippen molar-refractivity contribution < 1.29 is 23.1 Å². The number of hydrogen-bond acceptors (Lipinski definition) is 4. The molecule has 0 aliphatic carbocycles. The van der Waals surface area contributed by atoms with Crippen LogP contribution < -0.4 is 0 Å². The molecule has 2 aromatic rings. The lowest BCUT2D eigenvalue weighted by Crippen LogP contribution is -2.04. The molecule has 0 radical (unpaired) electrons. The van der Waals surface area contributed by atoms with Crippen molar-refractivity contribution in [1.29, 1.82) is 0 Å². The number of methoxy groups -OCH3 is 1. The summed E-state index contributed by atoms with van der Waals surface area (Å²) in [5.74, 6) is -2.26. The van der Waals surface area contributed by atoms with E-state index in [1.165, 1.54) is 37.4 Å². The highest BCUT2D eigenvalue weighted by Gasteiger charge is 2.20. The zero-order chi connectivity index (χ0) is 14.0. The van der Waals surface area contributed by atoms with Gasteiger partial charge in [-0.2, -0.15) is 0 Å². The van der Waals surface area contributed by atoms with Gasteiger partial charge in [0.2, 0.25) is 11.5 Å². The second-order valence-electron chi connectivity index (χ2n) is 3.59. The number of hydrogen-bond donors (Lipinski definition) is 0. The number of ether oxygens (including phenoxy) is 1. The minimum absolute atomic E-state index is 0.110. The van der Waals surface area contributed by atoms with Gasteiger partial charge in [-0.15, -0.1) is 0 Å². The molecule has 0 unspecified atom stereocenters. The summed E-state index contributed by atoms with van der Waals surface area (Å²) in [7, 11) is 1.19. The van der Waals surface area contributed by atoms with Gasteiger partial charge in [-0.3, -0.25) is 4.79 Å². The summed E-state index contributed by atoms with van der Waals surface area (Å²) in [6.07, 6.45) is 0. The Balaban J connectivity index is 2.37. The summed E-state index contributed by atoms with van der Waals surface area (Å²) < 4.78 is 23.4. The summed E-state index contributed by atoms with van der Waals surface area (Å²) in [5, 5.41) is 0. The van der Waals surface area contributed by atoms with Crippen LogP contribution >= 0.6 is 15.9 Å². The highest BCUT2D eigenvalue weighted by molar-refractivity contribution is 9.10. The van der Waals surface area contributed by atoms with E-state index < -0.39 is 17.6 Å². The van der Waals surface area contributed by atoms with E-state index in [0.29, 0.717) is 0 Å². The van der Waals surface area contributed by atoms with Crippen molar-refractivity contribution in [2.75, 3.05) is 7.11 Å². The number of carbonyl (C=O) groups is 2. The molecule has 0 aliphatic rings. The number of ketones is 1. The van der Waals surface area contributed by atoms with Crippen molar-refractivity contribution in [3.8, 4) is 0 Å². The number of benzene rings is 1. The first kappa shape index (κ1) is 13.5. The fraction of sp³-hybridized carbons (Fsp3) is 0.0769. The Morgan fingerprint density at radius 1 is 1.21 bits per heavy atom. The van der Waals surface area contributed by atoms with Gasteiger partial charge in [-0.1, -0.05) is 6.07 Å². The van der Waals surface area contributed by atoms with Gasteiger partial charge in [0.1, 0.15) is 5.82 Å². The average molecular weight is 327 g/mol. The molecule has 0 N–H and O–H groups in total. The predicted octanol–water partition coefficient (Wildman–Crippen LogP) is 3.20. The van der Waals surface area contributed by atoms with Crippen molar-refractivity contribution in [2.24, 2.45) is 0 Å². The lowest BCUT2D eigenvalue weighted by molar-refractivity contribution is 0.0563. The summed E-state index contributed by atoms with van der Waals surface area (Å²) in [4.78, 5) is 23.2. The average Bonchev–Trinajstić information content (AvgIpc) is 2.90. The Morgan fingerprint density at radius 2 is 1.89 bits per heavy atom. The molecule has 0 spiro atoms. The quantitative estimate of drug-likeness (QED) is 0.642. The van der Waals surface area contributed by atoms with Crippen molar-refractivity contribution in [3.63, 3.8) is 0 Å². The van der Waals surface area contributed by atoms with E-state index in [9.17, 15) is 14.0 Å². The van der Waals surface area contributed by atoms with Gasteiger partial charge >= 0.3 is 5.97 Å². The Bertz CT molecular complexity index is 648. The Labute approximate surface area is 116 Å². The molecule has 2 rings (SSSR count). The SMILES string of the molecule is COC(=O)c1ccc(C(=O)c2cccc(Br)c2F)o1. The largest absolute Gasteiger partial charge is 0.463 e. The Kier molecular flexibility index (Phi) is 3.80. The summed E-state index contributed by atoms with van der Waals surface area (Å²) >= 11 is 2.99. The molecule has 0 fully saturated rings. The molecular formula is C13H8BrFO4. The molecule has 1 heterocycles. The number of rotatable bonds is 3. The molecule has 0 bridgehead atoms. The van der Waals surface area contributed by atoms with Gasteiger partial charge in [0, 0.05) is 0 Å². The molecule has 98 valence electrons. The van der Waals surface area contributed by atoms with Crippen molar-refractivity contribution in [1.82, 2.24) is 0 Å². The molecule has 6 heteroatoms. The van der Waals surface area contributed by atoms with Gasteiger partial charge in [-0.25, -0.2) is 9.18 Å². The molecule has 1 aromatic carbocycles. The van der Waals surface area contributed by atoms with Crippen LogP contribution in [-0.4, -0.2) is 18.9 Å². The smallest absolute Gasteiger partial charge is 0.373 e. The fourth-order valence-corrected chi connectivity index (χ4v) is 1.85. The van der Waals surface area contributed by atoms with Gasteiger partial charge in [-0.05, 0) is 40.2 Å².